The van der Waals surface area contributed by atoms with E-state index in [1.165, 1.54) is 0 Å². The molecule has 5 heteroatoms. The van der Waals surface area contributed by atoms with Gasteiger partial charge in [0.25, 0.3) is 0 Å². The Hall–Kier alpha value is -1.36. The van der Waals surface area contributed by atoms with Crippen molar-refractivity contribution in [2.24, 2.45) is 17.6 Å². The van der Waals surface area contributed by atoms with Crippen molar-refractivity contribution in [2.75, 3.05) is 0 Å². The first-order valence-corrected chi connectivity index (χ1v) is 8.01. The highest BCUT2D eigenvalue weighted by Crippen LogP contribution is 2.28. The van der Waals surface area contributed by atoms with Gasteiger partial charge >= 0.3 is 0 Å². The minimum Gasteiger partial charge on any atom is -0.369 e. The molecule has 0 aromatic carbocycles. The Balaban J connectivity index is 2.11. The Morgan fingerprint density at radius 1 is 1.57 bits per heavy atom. The van der Waals surface area contributed by atoms with Crippen LogP contribution in [-0.2, 0) is 11.2 Å². The predicted octanol–water partition coefficient (Wildman–Crippen LogP) is 1.88. The summed E-state index contributed by atoms with van der Waals surface area (Å²) in [6, 6.07) is 2.96. The van der Waals surface area contributed by atoms with Gasteiger partial charge in [-0.3, -0.25) is 9.48 Å². The largest absolute Gasteiger partial charge is 0.369 e. The van der Waals surface area contributed by atoms with Crippen LogP contribution < -0.4 is 11.1 Å². The summed E-state index contributed by atoms with van der Waals surface area (Å²) < 4.78 is 2.00. The molecule has 3 N–H and O–H groups in total. The van der Waals surface area contributed by atoms with Crippen molar-refractivity contribution >= 4 is 5.91 Å². The third-order valence-electron chi connectivity index (χ3n) is 4.73. The molecular weight excluding hydrogens is 264 g/mol. The van der Waals surface area contributed by atoms with Crippen LogP contribution in [0, 0.1) is 11.8 Å². The molecule has 1 saturated heterocycles. The molecule has 1 aliphatic rings. The van der Waals surface area contributed by atoms with Crippen LogP contribution in [0.25, 0.3) is 0 Å². The molecule has 5 atom stereocenters. The Labute approximate surface area is 127 Å². The lowest BCUT2D eigenvalue weighted by Gasteiger charge is -2.38. The van der Waals surface area contributed by atoms with Gasteiger partial charge in [-0.05, 0) is 38.7 Å². The van der Waals surface area contributed by atoms with E-state index >= 15 is 0 Å². The lowest BCUT2D eigenvalue weighted by Crippen LogP contribution is -2.55. The fourth-order valence-electron chi connectivity index (χ4n) is 3.45. The number of amides is 1. The number of rotatable bonds is 5. The van der Waals surface area contributed by atoms with E-state index in [0.717, 1.165) is 25.0 Å². The van der Waals surface area contributed by atoms with Crippen molar-refractivity contribution in [1.82, 2.24) is 15.1 Å². The third-order valence-corrected chi connectivity index (χ3v) is 4.73. The minimum absolute atomic E-state index is 0.0848. The van der Waals surface area contributed by atoms with Gasteiger partial charge in [-0.25, -0.2) is 0 Å². The van der Waals surface area contributed by atoms with Gasteiger partial charge in [0.2, 0.25) is 5.91 Å². The maximum atomic E-state index is 11.8. The summed E-state index contributed by atoms with van der Waals surface area (Å²) in [5.41, 5.74) is 6.65. The van der Waals surface area contributed by atoms with E-state index in [9.17, 15) is 4.79 Å². The molecule has 2 rings (SSSR count). The average Bonchev–Trinajstić information content (AvgIpc) is 2.85. The summed E-state index contributed by atoms with van der Waals surface area (Å²) in [4.78, 5) is 11.8. The summed E-state index contributed by atoms with van der Waals surface area (Å²) >= 11 is 0. The number of aromatic nitrogens is 2. The van der Waals surface area contributed by atoms with E-state index < -0.39 is 0 Å². The Bertz CT molecular complexity index is 484. The number of hydrogen-bond acceptors (Lipinski definition) is 3. The molecule has 1 aliphatic heterocycles. The molecule has 1 fully saturated rings. The Morgan fingerprint density at radius 2 is 2.29 bits per heavy atom. The molecule has 5 nitrogen and oxygen atoms in total. The van der Waals surface area contributed by atoms with Gasteiger partial charge < -0.3 is 11.1 Å². The second-order valence-electron chi connectivity index (χ2n) is 6.56. The molecule has 0 radical (unpaired) electrons. The normalized spacial score (nSPS) is 31.0. The highest BCUT2D eigenvalue weighted by molar-refractivity contribution is 5.78. The van der Waals surface area contributed by atoms with Crippen LogP contribution in [0.4, 0.5) is 0 Å². The van der Waals surface area contributed by atoms with Crippen LogP contribution in [0.2, 0.25) is 0 Å². The predicted molar refractivity (Wildman–Crippen MR) is 83.8 cm³/mol. The molecule has 1 amide bonds. The molecule has 1 aromatic rings. The van der Waals surface area contributed by atoms with Crippen molar-refractivity contribution in [1.29, 1.82) is 0 Å². The molecular formula is C16H28N4O. The summed E-state index contributed by atoms with van der Waals surface area (Å²) in [6.07, 6.45) is 4.83. The standard InChI is InChI=1S/C16H28N4O/c1-5-12(4)20-7-6-13(19-20)9-14-15(16(17)21)10(2)8-11(3)18-14/h6-7,10-12,14-15,18H,5,8-9H2,1-4H3,(H2,17,21). The Kier molecular flexibility index (Phi) is 5.04. The number of nitrogens with zero attached hydrogens (tertiary/aromatic N) is 2. The summed E-state index contributed by atoms with van der Waals surface area (Å²) in [7, 11) is 0. The second kappa shape index (κ2) is 6.60. The van der Waals surface area contributed by atoms with E-state index in [1.807, 2.05) is 10.9 Å². The van der Waals surface area contributed by atoms with E-state index in [-0.39, 0.29) is 17.9 Å². The number of piperidine rings is 1. The van der Waals surface area contributed by atoms with E-state index in [4.69, 9.17) is 5.73 Å². The molecule has 0 saturated carbocycles. The highest BCUT2D eigenvalue weighted by atomic mass is 16.1. The summed E-state index contributed by atoms with van der Waals surface area (Å²) in [5, 5.41) is 8.17. The van der Waals surface area contributed by atoms with Crippen LogP contribution in [0.15, 0.2) is 12.3 Å². The van der Waals surface area contributed by atoms with Crippen molar-refractivity contribution in [3.63, 3.8) is 0 Å². The van der Waals surface area contributed by atoms with Gasteiger partial charge in [0.05, 0.1) is 11.6 Å². The van der Waals surface area contributed by atoms with Crippen molar-refractivity contribution in [3.8, 4) is 0 Å². The zero-order valence-electron chi connectivity index (χ0n) is 13.5. The van der Waals surface area contributed by atoms with E-state index in [2.05, 4.69) is 44.2 Å². The van der Waals surface area contributed by atoms with Crippen molar-refractivity contribution in [3.05, 3.63) is 18.0 Å². The first kappa shape index (κ1) is 16.0. The lowest BCUT2D eigenvalue weighted by molar-refractivity contribution is -0.125. The number of nitrogens with one attached hydrogen (secondary N) is 1. The fourth-order valence-corrected chi connectivity index (χ4v) is 3.45. The second-order valence-corrected chi connectivity index (χ2v) is 6.56. The molecule has 1 aromatic heterocycles. The van der Waals surface area contributed by atoms with Crippen LogP contribution in [0.5, 0.6) is 0 Å². The quantitative estimate of drug-likeness (QED) is 0.870. The lowest BCUT2D eigenvalue weighted by atomic mass is 9.77. The molecule has 21 heavy (non-hydrogen) atoms. The fraction of sp³-hybridized carbons (Fsp3) is 0.750. The number of primary amides is 1. The minimum atomic E-state index is -0.201. The van der Waals surface area contributed by atoms with Crippen LogP contribution in [0.3, 0.4) is 0 Å². The molecule has 0 spiro atoms. The van der Waals surface area contributed by atoms with Gasteiger partial charge in [0.15, 0.2) is 0 Å². The molecule has 0 aliphatic carbocycles. The summed E-state index contributed by atoms with van der Waals surface area (Å²) in [5.74, 6) is 0.00334. The van der Waals surface area contributed by atoms with Gasteiger partial charge in [-0.15, -0.1) is 0 Å². The smallest absolute Gasteiger partial charge is 0.222 e. The molecule has 118 valence electrons. The number of carbonyl (C=O) groups excluding carboxylic acids is 1. The SMILES string of the molecule is CCC(C)n1ccc(CC2NC(C)CC(C)C2C(N)=O)n1. The molecule has 0 bridgehead atoms. The maximum absolute atomic E-state index is 11.8. The van der Waals surface area contributed by atoms with Gasteiger partial charge in [0, 0.05) is 30.7 Å². The van der Waals surface area contributed by atoms with E-state index in [0.29, 0.717) is 18.0 Å². The first-order chi connectivity index (χ1) is 9.92. The van der Waals surface area contributed by atoms with Gasteiger partial charge in [-0.2, -0.15) is 5.10 Å². The molecule has 2 heterocycles. The van der Waals surface area contributed by atoms with Crippen LogP contribution in [-0.4, -0.2) is 27.8 Å². The average molecular weight is 292 g/mol. The highest BCUT2D eigenvalue weighted by Gasteiger charge is 2.37. The zero-order chi connectivity index (χ0) is 15.6. The zero-order valence-corrected chi connectivity index (χ0v) is 13.5. The van der Waals surface area contributed by atoms with Gasteiger partial charge in [0.1, 0.15) is 0 Å². The maximum Gasteiger partial charge on any atom is 0.222 e. The van der Waals surface area contributed by atoms with Crippen molar-refractivity contribution < 1.29 is 4.79 Å². The molecule has 5 unspecified atom stereocenters. The first-order valence-electron chi connectivity index (χ1n) is 8.01. The monoisotopic (exact) mass is 292 g/mol. The van der Waals surface area contributed by atoms with E-state index in [1.54, 1.807) is 0 Å². The number of carbonyl (C=O) groups is 1. The van der Waals surface area contributed by atoms with Crippen LogP contribution in [0.1, 0.15) is 52.3 Å². The number of hydrogen-bond donors (Lipinski definition) is 2. The van der Waals surface area contributed by atoms with Crippen LogP contribution >= 0.6 is 0 Å². The third kappa shape index (κ3) is 3.64. The Morgan fingerprint density at radius 3 is 2.90 bits per heavy atom. The number of nitrogens with two attached hydrogens (primary N) is 1. The summed E-state index contributed by atoms with van der Waals surface area (Å²) in [6.45, 7) is 8.60. The topological polar surface area (TPSA) is 72.9 Å². The van der Waals surface area contributed by atoms with Gasteiger partial charge in [-0.1, -0.05) is 13.8 Å². The van der Waals surface area contributed by atoms with Crippen molar-refractivity contribution in [2.45, 2.75) is 65.1 Å².